The third kappa shape index (κ3) is 5.00. The average molecular weight is 131 g/mol. The molecular weight excluding hydrogens is 121 g/mol. The van der Waals surface area contributed by atoms with Gasteiger partial charge in [0.1, 0.15) is 0 Å². The number of carbonyl (C=O) groups is 1. The van der Waals surface area contributed by atoms with E-state index in [1.165, 1.54) is 13.8 Å². The lowest BCUT2D eigenvalue weighted by Crippen LogP contribution is -2.38. The molecule has 0 aliphatic rings. The minimum atomic E-state index is -1.65. The summed E-state index contributed by atoms with van der Waals surface area (Å²) in [5.41, 5.74) is 0. The van der Waals surface area contributed by atoms with E-state index >= 15 is 0 Å². The topological polar surface area (TPSA) is 29.1 Å². The molecule has 0 spiro atoms. The van der Waals surface area contributed by atoms with Gasteiger partial charge in [0.15, 0.2) is 5.79 Å². The number of alkyl halides is 1. The highest BCUT2D eigenvalue weighted by atomic mass is 19.1. The summed E-state index contributed by atoms with van der Waals surface area (Å²) in [5.74, 6) is -2.15. The maximum absolute atomic E-state index is 12.4. The molecule has 0 fully saturated rings. The van der Waals surface area contributed by atoms with E-state index in [4.69, 9.17) is 0 Å². The lowest BCUT2D eigenvalue weighted by Gasteiger charge is -2.13. The average Bonchev–Trinajstić information content (AvgIpc) is 1.62. The van der Waals surface area contributed by atoms with Gasteiger partial charge in [0, 0.05) is 0 Å². The van der Waals surface area contributed by atoms with Crippen LogP contribution in [0, 0.1) is 0 Å². The normalized spacial score (nSPS) is 10.6. The van der Waals surface area contributed by atoms with Gasteiger partial charge in [-0.2, -0.15) is 0 Å². The smallest absolute Gasteiger partial charge is 0.245 e. The van der Waals surface area contributed by atoms with Crippen LogP contribution in [0.5, 0.6) is 0 Å². The molecule has 1 amide bonds. The zero-order chi connectivity index (χ0) is 7.49. The fourth-order valence-corrected chi connectivity index (χ4v) is 0.344. The maximum atomic E-state index is 12.4. The van der Waals surface area contributed by atoms with E-state index in [2.05, 4.69) is 6.58 Å². The second-order valence-corrected chi connectivity index (χ2v) is 2.17. The first-order valence-electron chi connectivity index (χ1n) is 2.59. The summed E-state index contributed by atoms with van der Waals surface area (Å²) in [6.07, 6.45) is 1.03. The quantitative estimate of drug-likeness (QED) is 0.439. The molecule has 3 heteroatoms. The summed E-state index contributed by atoms with van der Waals surface area (Å²) in [5, 5.41) is 2.05. The van der Waals surface area contributed by atoms with Crippen LogP contribution in [-0.2, 0) is 4.79 Å². The third-order valence-electron chi connectivity index (χ3n) is 0.606. The van der Waals surface area contributed by atoms with Gasteiger partial charge in [-0.15, -0.1) is 0 Å². The Morgan fingerprint density at radius 3 is 2.33 bits per heavy atom. The zero-order valence-corrected chi connectivity index (χ0v) is 5.57. The van der Waals surface area contributed by atoms with Crippen molar-refractivity contribution in [3.63, 3.8) is 0 Å². The number of halogens is 1. The summed E-state index contributed by atoms with van der Waals surface area (Å²) in [7, 11) is 0. The molecule has 0 atom stereocenters. The van der Waals surface area contributed by atoms with Gasteiger partial charge >= 0.3 is 0 Å². The molecule has 0 aliphatic carbocycles. The van der Waals surface area contributed by atoms with Crippen LogP contribution in [0.2, 0.25) is 0 Å². The van der Waals surface area contributed by atoms with E-state index in [-0.39, 0.29) is 0 Å². The van der Waals surface area contributed by atoms with Gasteiger partial charge < -0.3 is 5.32 Å². The van der Waals surface area contributed by atoms with Crippen molar-refractivity contribution in [3.05, 3.63) is 12.7 Å². The Hall–Kier alpha value is -0.860. The highest BCUT2D eigenvalue weighted by Gasteiger charge is 2.15. The fourth-order valence-electron chi connectivity index (χ4n) is 0.344. The number of rotatable bonds is 2. The van der Waals surface area contributed by atoms with Crippen LogP contribution in [-0.4, -0.2) is 11.7 Å². The van der Waals surface area contributed by atoms with Crippen LogP contribution >= 0.6 is 0 Å². The van der Waals surface area contributed by atoms with Crippen LogP contribution in [0.15, 0.2) is 12.7 Å². The van der Waals surface area contributed by atoms with E-state index in [1.54, 1.807) is 0 Å². The van der Waals surface area contributed by atoms with Crippen LogP contribution in [0.3, 0.4) is 0 Å². The van der Waals surface area contributed by atoms with Crippen LogP contribution in [0.1, 0.15) is 13.8 Å². The Morgan fingerprint density at radius 1 is 1.78 bits per heavy atom. The third-order valence-corrected chi connectivity index (χ3v) is 0.606. The van der Waals surface area contributed by atoms with Gasteiger partial charge in [0.25, 0.3) is 0 Å². The van der Waals surface area contributed by atoms with E-state index in [1.807, 2.05) is 5.32 Å². The molecule has 0 unspecified atom stereocenters. The van der Waals surface area contributed by atoms with Crippen molar-refractivity contribution < 1.29 is 9.18 Å². The van der Waals surface area contributed by atoms with Crippen molar-refractivity contribution in [2.75, 3.05) is 0 Å². The van der Waals surface area contributed by atoms with Crippen molar-refractivity contribution in [3.8, 4) is 0 Å². The lowest BCUT2D eigenvalue weighted by atomic mass is 10.3. The first-order chi connectivity index (χ1) is 3.95. The number of hydrogen-bond acceptors (Lipinski definition) is 1. The Morgan fingerprint density at radius 2 is 2.22 bits per heavy atom. The van der Waals surface area contributed by atoms with Gasteiger partial charge in [-0.05, 0) is 19.9 Å². The number of hydrogen-bond donors (Lipinski definition) is 1. The second kappa shape index (κ2) is 2.62. The van der Waals surface area contributed by atoms with Crippen LogP contribution in [0.4, 0.5) is 4.39 Å². The molecular formula is C6H10FNO. The Kier molecular flexibility index (Phi) is 2.37. The second-order valence-electron chi connectivity index (χ2n) is 2.17. The summed E-state index contributed by atoms with van der Waals surface area (Å²) < 4.78 is 12.4. The van der Waals surface area contributed by atoms with Gasteiger partial charge in [0.05, 0.1) is 0 Å². The van der Waals surface area contributed by atoms with Gasteiger partial charge in [-0.3, -0.25) is 4.79 Å². The maximum Gasteiger partial charge on any atom is 0.245 e. The largest absolute Gasteiger partial charge is 0.321 e. The summed E-state index contributed by atoms with van der Waals surface area (Å²) in [6, 6.07) is 0. The molecule has 0 aromatic heterocycles. The molecule has 2 nitrogen and oxygen atoms in total. The van der Waals surface area contributed by atoms with Crippen molar-refractivity contribution in [1.82, 2.24) is 5.32 Å². The van der Waals surface area contributed by atoms with Crippen LogP contribution in [0.25, 0.3) is 0 Å². The van der Waals surface area contributed by atoms with Crippen molar-refractivity contribution in [1.29, 1.82) is 0 Å². The Balaban J connectivity index is 3.74. The predicted molar refractivity (Wildman–Crippen MR) is 33.5 cm³/mol. The molecule has 0 aromatic rings. The van der Waals surface area contributed by atoms with E-state index in [0.29, 0.717) is 0 Å². The minimum absolute atomic E-state index is 0.498. The predicted octanol–water partition coefficient (Wildman–Crippen LogP) is 0.994. The lowest BCUT2D eigenvalue weighted by molar-refractivity contribution is -0.119. The van der Waals surface area contributed by atoms with Gasteiger partial charge in [-0.1, -0.05) is 6.58 Å². The summed E-state index contributed by atoms with van der Waals surface area (Å²) in [6.45, 7) is 5.68. The molecule has 0 saturated heterocycles. The molecule has 52 valence electrons. The van der Waals surface area contributed by atoms with Gasteiger partial charge in [-0.25, -0.2) is 4.39 Å². The molecule has 0 aliphatic heterocycles. The number of carbonyl (C=O) groups excluding carboxylic acids is 1. The summed E-state index contributed by atoms with van der Waals surface area (Å²) in [4.78, 5) is 10.4. The molecule has 0 bridgehead atoms. The first kappa shape index (κ1) is 8.14. The number of amides is 1. The Bertz CT molecular complexity index is 126. The molecule has 0 radical (unpaired) electrons. The standard InChI is InChI=1S/C6H10FNO/c1-4-5(9)8-6(2,3)7/h4H,1H2,2-3H3,(H,8,9). The van der Waals surface area contributed by atoms with E-state index in [9.17, 15) is 9.18 Å². The van der Waals surface area contributed by atoms with E-state index in [0.717, 1.165) is 6.08 Å². The van der Waals surface area contributed by atoms with Gasteiger partial charge in [0.2, 0.25) is 5.91 Å². The van der Waals surface area contributed by atoms with E-state index < -0.39 is 11.7 Å². The first-order valence-corrected chi connectivity index (χ1v) is 2.59. The molecule has 0 aromatic carbocycles. The SMILES string of the molecule is C=CC(=O)NC(C)(C)F. The summed E-state index contributed by atoms with van der Waals surface area (Å²) >= 11 is 0. The molecule has 0 saturated carbocycles. The molecule has 1 N–H and O–H groups in total. The zero-order valence-electron chi connectivity index (χ0n) is 5.57. The molecule has 9 heavy (non-hydrogen) atoms. The molecule has 0 heterocycles. The van der Waals surface area contributed by atoms with Crippen LogP contribution < -0.4 is 5.32 Å². The van der Waals surface area contributed by atoms with Crippen molar-refractivity contribution >= 4 is 5.91 Å². The van der Waals surface area contributed by atoms with Crippen molar-refractivity contribution in [2.45, 2.75) is 19.6 Å². The number of nitrogens with one attached hydrogen (secondary N) is 1. The van der Waals surface area contributed by atoms with Crippen molar-refractivity contribution in [2.24, 2.45) is 0 Å². The highest BCUT2D eigenvalue weighted by molar-refractivity contribution is 5.87. The monoisotopic (exact) mass is 131 g/mol. The molecule has 0 rings (SSSR count). The Labute approximate surface area is 53.8 Å². The highest BCUT2D eigenvalue weighted by Crippen LogP contribution is 2.01. The minimum Gasteiger partial charge on any atom is -0.321 e. The fraction of sp³-hybridized carbons (Fsp3) is 0.500.